The third kappa shape index (κ3) is 6.77. The lowest BCUT2D eigenvalue weighted by atomic mass is 9.79. The number of hydrogen-bond acceptors (Lipinski definition) is 3. The van der Waals surface area contributed by atoms with Gasteiger partial charge in [0.05, 0.1) is 0 Å². The molecular formula is C25H38O3. The van der Waals surface area contributed by atoms with Crippen LogP contribution in [0.4, 0.5) is 0 Å². The van der Waals surface area contributed by atoms with Crippen LogP contribution in [-0.4, -0.2) is 23.8 Å². The Labute approximate surface area is 171 Å². The summed E-state index contributed by atoms with van der Waals surface area (Å²) in [5.74, 6) is 0.0270. The predicted molar refractivity (Wildman–Crippen MR) is 115 cm³/mol. The van der Waals surface area contributed by atoms with Crippen molar-refractivity contribution in [2.75, 3.05) is 6.61 Å². The van der Waals surface area contributed by atoms with Gasteiger partial charge in [-0.2, -0.15) is 0 Å². The zero-order valence-electron chi connectivity index (χ0n) is 18.2. The van der Waals surface area contributed by atoms with Crippen molar-refractivity contribution >= 4 is 5.97 Å². The molecule has 0 saturated carbocycles. The number of ether oxygens (including phenoxy) is 1. The molecule has 0 unspecified atom stereocenters. The van der Waals surface area contributed by atoms with Gasteiger partial charge in [-0.15, -0.1) is 0 Å². The number of aryl methyl sites for hydroxylation is 1. The lowest BCUT2D eigenvalue weighted by molar-refractivity contribution is -0.147. The van der Waals surface area contributed by atoms with Crippen molar-refractivity contribution < 1.29 is 14.6 Å². The smallest absolute Gasteiger partial charge is 0.306 e. The molecule has 0 aliphatic carbocycles. The molecule has 1 aliphatic rings. The molecule has 28 heavy (non-hydrogen) atoms. The number of esters is 1. The third-order valence-electron chi connectivity index (χ3n) is 6.11. The molecule has 1 heterocycles. The molecule has 1 aliphatic heterocycles. The molecule has 1 N–H and O–H groups in total. The summed E-state index contributed by atoms with van der Waals surface area (Å²) in [7, 11) is 0. The van der Waals surface area contributed by atoms with Crippen molar-refractivity contribution in [2.24, 2.45) is 5.92 Å². The van der Waals surface area contributed by atoms with E-state index in [-0.39, 0.29) is 30.0 Å². The molecule has 2 bridgehead atoms. The molecule has 0 saturated heterocycles. The molecule has 3 heteroatoms. The standard InChI is InChI=1S/C25H38O3/c1-5-20(18-26)16-19(2)23-13-6-7-15-25(3,4)22-12-8-10-21(17-22)11-9-14-24(27)28-23/h8,10,12,16-17,20,23,26H,5-7,9,11,13-15,18H2,1-4H3/b19-16-/t20-,23+/m1/s1. The molecule has 0 radical (unpaired) electrons. The topological polar surface area (TPSA) is 46.5 Å². The molecule has 0 amide bonds. The van der Waals surface area contributed by atoms with Gasteiger partial charge in [0, 0.05) is 18.9 Å². The maximum atomic E-state index is 12.4. The molecular weight excluding hydrogens is 348 g/mol. The number of benzene rings is 1. The van der Waals surface area contributed by atoms with E-state index in [1.807, 2.05) is 6.92 Å². The van der Waals surface area contributed by atoms with Gasteiger partial charge in [-0.25, -0.2) is 0 Å². The Morgan fingerprint density at radius 3 is 2.79 bits per heavy atom. The van der Waals surface area contributed by atoms with Gasteiger partial charge >= 0.3 is 5.97 Å². The van der Waals surface area contributed by atoms with Crippen molar-refractivity contribution in [2.45, 2.75) is 90.6 Å². The first kappa shape index (κ1) is 22.7. The Morgan fingerprint density at radius 2 is 2.07 bits per heavy atom. The largest absolute Gasteiger partial charge is 0.458 e. The SMILES string of the molecule is CC[C@H](/C=C(/C)[C@@H]1CCCCC(C)(C)c2cccc(c2)CCCC(=O)O1)CO. The van der Waals surface area contributed by atoms with Gasteiger partial charge in [-0.1, -0.05) is 57.5 Å². The maximum Gasteiger partial charge on any atom is 0.306 e. The fourth-order valence-corrected chi connectivity index (χ4v) is 4.00. The van der Waals surface area contributed by atoms with E-state index in [0.29, 0.717) is 6.42 Å². The van der Waals surface area contributed by atoms with Gasteiger partial charge in [0.25, 0.3) is 0 Å². The van der Waals surface area contributed by atoms with E-state index < -0.39 is 0 Å². The number of carbonyl (C=O) groups excluding carboxylic acids is 1. The van der Waals surface area contributed by atoms with Crippen LogP contribution in [0.15, 0.2) is 35.9 Å². The fourth-order valence-electron chi connectivity index (χ4n) is 4.00. The number of carbonyl (C=O) groups is 1. The highest BCUT2D eigenvalue weighted by Gasteiger charge is 2.22. The summed E-state index contributed by atoms with van der Waals surface area (Å²) in [6.07, 6.45) is 9.09. The number of fused-ring (bicyclic) bond motifs is 2. The lowest BCUT2D eigenvalue weighted by Gasteiger charge is -2.27. The molecule has 0 aromatic heterocycles. The van der Waals surface area contributed by atoms with Crippen molar-refractivity contribution in [3.63, 3.8) is 0 Å². The molecule has 2 atom stereocenters. The van der Waals surface area contributed by atoms with E-state index >= 15 is 0 Å². The predicted octanol–water partition coefficient (Wildman–Crippen LogP) is 5.74. The summed E-state index contributed by atoms with van der Waals surface area (Å²) in [5.41, 5.74) is 3.93. The average molecular weight is 387 g/mol. The molecule has 0 fully saturated rings. The zero-order chi connectivity index (χ0) is 20.6. The van der Waals surface area contributed by atoms with E-state index in [4.69, 9.17) is 4.74 Å². The summed E-state index contributed by atoms with van der Waals surface area (Å²) < 4.78 is 5.87. The Bertz CT molecular complexity index is 656. The first-order valence-electron chi connectivity index (χ1n) is 10.9. The highest BCUT2D eigenvalue weighted by molar-refractivity contribution is 5.69. The highest BCUT2D eigenvalue weighted by Crippen LogP contribution is 2.31. The third-order valence-corrected chi connectivity index (χ3v) is 6.11. The summed E-state index contributed by atoms with van der Waals surface area (Å²) in [4.78, 5) is 12.4. The molecule has 1 aromatic carbocycles. The minimum Gasteiger partial charge on any atom is -0.458 e. The Kier molecular flexibility index (Phi) is 8.75. The van der Waals surface area contributed by atoms with Crippen LogP contribution in [0.2, 0.25) is 0 Å². The van der Waals surface area contributed by atoms with Gasteiger partial charge in [0.2, 0.25) is 0 Å². The van der Waals surface area contributed by atoms with Gasteiger partial charge in [0.1, 0.15) is 6.10 Å². The van der Waals surface area contributed by atoms with Crippen molar-refractivity contribution in [1.29, 1.82) is 0 Å². The van der Waals surface area contributed by atoms with E-state index in [1.54, 1.807) is 0 Å². The summed E-state index contributed by atoms with van der Waals surface area (Å²) >= 11 is 0. The first-order valence-corrected chi connectivity index (χ1v) is 10.9. The zero-order valence-corrected chi connectivity index (χ0v) is 18.2. The maximum absolute atomic E-state index is 12.4. The Morgan fingerprint density at radius 1 is 1.29 bits per heavy atom. The second kappa shape index (κ2) is 10.8. The van der Waals surface area contributed by atoms with Gasteiger partial charge in [0.15, 0.2) is 0 Å². The van der Waals surface area contributed by atoms with Crippen LogP contribution in [0, 0.1) is 5.92 Å². The van der Waals surface area contributed by atoms with Gasteiger partial charge in [-0.05, 0) is 67.6 Å². The summed E-state index contributed by atoms with van der Waals surface area (Å²) in [6, 6.07) is 8.85. The number of rotatable bonds is 4. The van der Waals surface area contributed by atoms with Crippen LogP contribution in [0.1, 0.15) is 83.8 Å². The lowest BCUT2D eigenvalue weighted by Crippen LogP contribution is -2.22. The van der Waals surface area contributed by atoms with Crippen LogP contribution in [0.5, 0.6) is 0 Å². The first-order chi connectivity index (χ1) is 13.4. The van der Waals surface area contributed by atoms with Gasteiger partial charge < -0.3 is 9.84 Å². The van der Waals surface area contributed by atoms with E-state index in [1.165, 1.54) is 11.1 Å². The van der Waals surface area contributed by atoms with Crippen molar-refractivity contribution in [1.82, 2.24) is 0 Å². The second-order valence-corrected chi connectivity index (χ2v) is 8.92. The van der Waals surface area contributed by atoms with Crippen LogP contribution < -0.4 is 0 Å². The molecule has 0 spiro atoms. The summed E-state index contributed by atoms with van der Waals surface area (Å²) in [6.45, 7) is 8.90. The molecule has 3 nitrogen and oxygen atoms in total. The second-order valence-electron chi connectivity index (χ2n) is 8.92. The highest BCUT2D eigenvalue weighted by atomic mass is 16.5. The van der Waals surface area contributed by atoms with Crippen LogP contribution in [-0.2, 0) is 21.4 Å². The van der Waals surface area contributed by atoms with E-state index in [0.717, 1.165) is 50.5 Å². The Hall–Kier alpha value is -1.61. The molecule has 156 valence electrons. The van der Waals surface area contributed by atoms with E-state index in [9.17, 15) is 9.90 Å². The normalized spacial score (nSPS) is 22.8. The molecule has 1 aromatic rings. The fraction of sp³-hybridized carbons (Fsp3) is 0.640. The molecule has 2 rings (SSSR count). The van der Waals surface area contributed by atoms with Gasteiger partial charge in [-0.3, -0.25) is 4.79 Å². The van der Waals surface area contributed by atoms with Crippen LogP contribution in [0.25, 0.3) is 0 Å². The number of aliphatic hydroxyl groups excluding tert-OH is 1. The van der Waals surface area contributed by atoms with Crippen molar-refractivity contribution in [3.05, 3.63) is 47.0 Å². The van der Waals surface area contributed by atoms with E-state index in [2.05, 4.69) is 51.1 Å². The minimum absolute atomic E-state index is 0.108. The van der Waals surface area contributed by atoms with Crippen LogP contribution >= 0.6 is 0 Å². The summed E-state index contributed by atoms with van der Waals surface area (Å²) in [5, 5.41) is 9.50. The number of cyclic esters (lactones) is 1. The number of hydrogen-bond donors (Lipinski definition) is 1. The van der Waals surface area contributed by atoms with Crippen molar-refractivity contribution in [3.8, 4) is 0 Å². The number of aliphatic hydroxyl groups is 1. The van der Waals surface area contributed by atoms with Crippen LogP contribution in [0.3, 0.4) is 0 Å². The minimum atomic E-state index is -0.169. The average Bonchev–Trinajstić information content (AvgIpc) is 2.67. The monoisotopic (exact) mass is 386 g/mol. The quantitative estimate of drug-likeness (QED) is 0.530. The Balaban J connectivity index is 2.15.